The molecule has 2 rings (SSSR count). The van der Waals surface area contributed by atoms with Crippen molar-refractivity contribution in [3.8, 4) is 0 Å². The number of hydrogen-bond donors (Lipinski definition) is 1. The van der Waals surface area contributed by atoms with Crippen LogP contribution in [-0.4, -0.2) is 28.6 Å². The Morgan fingerprint density at radius 1 is 1.40 bits per heavy atom. The maximum atomic E-state index is 12.6. The zero-order valence-corrected chi connectivity index (χ0v) is 13.7. The van der Waals surface area contributed by atoms with Crippen LogP contribution in [0.2, 0.25) is 5.02 Å². The Bertz CT molecular complexity index is 820. The molecule has 7 nitrogen and oxygen atoms in total. The second-order valence-corrected chi connectivity index (χ2v) is 5.10. The first-order valence-corrected chi connectivity index (χ1v) is 7.20. The average Bonchev–Trinajstić information content (AvgIpc) is 2.90. The standard InChI is InChI=1S/C14H11ClF3N3O4/c1-3-24-13(23)10-9(6(2)25-21-10)12(22)20-11-8(15)4-7(5-19-11)14(16,17)18/h4-5H,3H2,1-2H3,(H,19,20,22). The fourth-order valence-electron chi connectivity index (χ4n) is 1.83. The number of nitrogens with zero attached hydrogens (tertiary/aromatic N) is 2. The topological polar surface area (TPSA) is 94.3 Å². The van der Waals surface area contributed by atoms with Crippen molar-refractivity contribution in [3.05, 3.63) is 39.9 Å². The summed E-state index contributed by atoms with van der Waals surface area (Å²) in [5.41, 5.74) is -1.65. The van der Waals surface area contributed by atoms with E-state index in [2.05, 4.69) is 15.5 Å². The van der Waals surface area contributed by atoms with Crippen LogP contribution in [0.4, 0.5) is 19.0 Å². The van der Waals surface area contributed by atoms with E-state index in [0.29, 0.717) is 12.3 Å². The predicted octanol–water partition coefficient (Wildman–Crippen LogP) is 3.48. The highest BCUT2D eigenvalue weighted by atomic mass is 35.5. The van der Waals surface area contributed by atoms with E-state index in [1.165, 1.54) is 6.92 Å². The number of carbonyl (C=O) groups excluding carboxylic acids is 2. The first-order valence-electron chi connectivity index (χ1n) is 6.82. The van der Waals surface area contributed by atoms with Gasteiger partial charge in [0, 0.05) is 6.20 Å². The van der Waals surface area contributed by atoms with Crippen molar-refractivity contribution in [2.45, 2.75) is 20.0 Å². The van der Waals surface area contributed by atoms with Gasteiger partial charge in [0.15, 0.2) is 5.82 Å². The third kappa shape index (κ3) is 4.08. The molecule has 11 heteroatoms. The molecule has 0 atom stereocenters. The van der Waals surface area contributed by atoms with Gasteiger partial charge >= 0.3 is 12.1 Å². The number of ether oxygens (including phenoxy) is 1. The van der Waals surface area contributed by atoms with Gasteiger partial charge in [-0.1, -0.05) is 16.8 Å². The first-order chi connectivity index (χ1) is 11.6. The van der Waals surface area contributed by atoms with Crippen LogP contribution in [0.1, 0.15) is 39.1 Å². The molecule has 25 heavy (non-hydrogen) atoms. The molecule has 0 bridgehead atoms. The quantitative estimate of drug-likeness (QED) is 0.820. The lowest BCUT2D eigenvalue weighted by atomic mass is 10.2. The van der Waals surface area contributed by atoms with Crippen LogP contribution < -0.4 is 5.32 Å². The van der Waals surface area contributed by atoms with Crippen molar-refractivity contribution in [2.24, 2.45) is 0 Å². The van der Waals surface area contributed by atoms with Crippen molar-refractivity contribution in [3.63, 3.8) is 0 Å². The van der Waals surface area contributed by atoms with Crippen LogP contribution in [0.15, 0.2) is 16.8 Å². The van der Waals surface area contributed by atoms with E-state index in [-0.39, 0.29) is 29.4 Å². The minimum atomic E-state index is -4.62. The van der Waals surface area contributed by atoms with Gasteiger partial charge in [-0.15, -0.1) is 0 Å². The molecule has 0 aliphatic rings. The van der Waals surface area contributed by atoms with Gasteiger partial charge in [0.05, 0.1) is 17.2 Å². The SMILES string of the molecule is CCOC(=O)c1noc(C)c1C(=O)Nc1ncc(C(F)(F)F)cc1Cl. The van der Waals surface area contributed by atoms with Gasteiger partial charge < -0.3 is 14.6 Å². The van der Waals surface area contributed by atoms with Gasteiger partial charge in [-0.25, -0.2) is 9.78 Å². The average molecular weight is 378 g/mol. The number of amides is 1. The molecule has 2 aromatic rings. The summed E-state index contributed by atoms with van der Waals surface area (Å²) >= 11 is 5.72. The molecule has 0 spiro atoms. The van der Waals surface area contributed by atoms with Crippen LogP contribution in [0.25, 0.3) is 0 Å². The van der Waals surface area contributed by atoms with E-state index in [1.54, 1.807) is 6.92 Å². The lowest BCUT2D eigenvalue weighted by Crippen LogP contribution is -2.19. The van der Waals surface area contributed by atoms with Crippen molar-refractivity contribution < 1.29 is 32.0 Å². The van der Waals surface area contributed by atoms with E-state index in [4.69, 9.17) is 20.9 Å². The number of rotatable bonds is 4. The molecular formula is C14H11ClF3N3O4. The van der Waals surface area contributed by atoms with Crippen molar-refractivity contribution in [1.82, 2.24) is 10.1 Å². The van der Waals surface area contributed by atoms with Gasteiger partial charge in [0.25, 0.3) is 5.91 Å². The number of alkyl halides is 3. The normalized spacial score (nSPS) is 11.3. The molecule has 0 aromatic carbocycles. The van der Waals surface area contributed by atoms with Gasteiger partial charge in [0.2, 0.25) is 5.69 Å². The summed E-state index contributed by atoms with van der Waals surface area (Å²) in [6.07, 6.45) is -4.10. The van der Waals surface area contributed by atoms with Crippen molar-refractivity contribution >= 4 is 29.3 Å². The molecule has 2 heterocycles. The van der Waals surface area contributed by atoms with E-state index in [0.717, 1.165) is 0 Å². The van der Waals surface area contributed by atoms with Crippen molar-refractivity contribution in [2.75, 3.05) is 11.9 Å². The summed E-state index contributed by atoms with van der Waals surface area (Å²) in [5.74, 6) is -2.05. The molecule has 0 aliphatic heterocycles. The minimum absolute atomic E-state index is 0.0172. The number of hydrogen-bond acceptors (Lipinski definition) is 6. The van der Waals surface area contributed by atoms with Gasteiger partial charge in [0.1, 0.15) is 11.3 Å². The second kappa shape index (κ2) is 7.09. The third-order valence-corrected chi connectivity index (χ3v) is 3.25. The summed E-state index contributed by atoms with van der Waals surface area (Å²) in [6.45, 7) is 3.00. The smallest absolute Gasteiger partial charge is 0.417 e. The maximum absolute atomic E-state index is 12.6. The largest absolute Gasteiger partial charge is 0.461 e. The Balaban J connectivity index is 2.29. The molecule has 0 saturated heterocycles. The minimum Gasteiger partial charge on any atom is -0.461 e. The van der Waals surface area contributed by atoms with Crippen LogP contribution in [0.3, 0.4) is 0 Å². The van der Waals surface area contributed by atoms with Crippen LogP contribution >= 0.6 is 11.6 Å². The maximum Gasteiger partial charge on any atom is 0.417 e. The van der Waals surface area contributed by atoms with Gasteiger partial charge in [-0.05, 0) is 19.9 Å². The summed E-state index contributed by atoms with van der Waals surface area (Å²) < 4.78 is 47.3. The highest BCUT2D eigenvalue weighted by Gasteiger charge is 2.32. The van der Waals surface area contributed by atoms with Crippen molar-refractivity contribution in [1.29, 1.82) is 0 Å². The zero-order valence-electron chi connectivity index (χ0n) is 12.9. The first kappa shape index (κ1) is 18.7. The fraction of sp³-hybridized carbons (Fsp3) is 0.286. The molecule has 2 aromatic heterocycles. The van der Waals surface area contributed by atoms with Gasteiger partial charge in [-0.3, -0.25) is 4.79 Å². The van der Waals surface area contributed by atoms with E-state index in [9.17, 15) is 22.8 Å². The van der Waals surface area contributed by atoms with E-state index in [1.807, 2.05) is 0 Å². The lowest BCUT2D eigenvalue weighted by molar-refractivity contribution is -0.137. The van der Waals surface area contributed by atoms with Crippen LogP contribution in [-0.2, 0) is 10.9 Å². The zero-order chi connectivity index (χ0) is 18.8. The number of pyridine rings is 1. The number of anilines is 1. The highest BCUT2D eigenvalue weighted by Crippen LogP contribution is 2.32. The Morgan fingerprint density at radius 2 is 2.08 bits per heavy atom. The molecule has 1 amide bonds. The number of aryl methyl sites for hydroxylation is 1. The second-order valence-electron chi connectivity index (χ2n) is 4.69. The summed E-state index contributed by atoms with van der Waals surface area (Å²) in [5, 5.41) is 5.24. The summed E-state index contributed by atoms with van der Waals surface area (Å²) in [4.78, 5) is 27.6. The van der Waals surface area contributed by atoms with E-state index < -0.39 is 28.6 Å². The summed E-state index contributed by atoms with van der Waals surface area (Å²) in [6, 6.07) is 0.622. The Labute approximate surface area is 144 Å². The van der Waals surface area contributed by atoms with E-state index >= 15 is 0 Å². The lowest BCUT2D eigenvalue weighted by Gasteiger charge is -2.10. The third-order valence-electron chi connectivity index (χ3n) is 2.96. The molecular weight excluding hydrogens is 367 g/mol. The monoisotopic (exact) mass is 377 g/mol. The molecule has 0 aliphatic carbocycles. The fourth-order valence-corrected chi connectivity index (χ4v) is 2.05. The molecule has 0 fully saturated rings. The highest BCUT2D eigenvalue weighted by molar-refractivity contribution is 6.33. The Hall–Kier alpha value is -2.62. The molecule has 1 N–H and O–H groups in total. The summed E-state index contributed by atoms with van der Waals surface area (Å²) in [7, 11) is 0. The van der Waals surface area contributed by atoms with Crippen LogP contribution in [0.5, 0.6) is 0 Å². The molecule has 134 valence electrons. The Kier molecular flexibility index (Phi) is 5.31. The number of halogens is 4. The number of nitrogens with one attached hydrogen (secondary N) is 1. The molecule has 0 unspecified atom stereocenters. The van der Waals surface area contributed by atoms with Gasteiger partial charge in [-0.2, -0.15) is 13.2 Å². The number of esters is 1. The number of aromatic nitrogens is 2. The molecule has 0 radical (unpaired) electrons. The molecule has 0 saturated carbocycles. The predicted molar refractivity (Wildman–Crippen MR) is 79.4 cm³/mol. The number of carbonyl (C=O) groups is 2. The Morgan fingerprint density at radius 3 is 2.64 bits per heavy atom. The van der Waals surface area contributed by atoms with Crippen LogP contribution in [0, 0.1) is 6.92 Å².